The van der Waals surface area contributed by atoms with Crippen LogP contribution in [-0.4, -0.2) is 43.0 Å². The second-order valence-corrected chi connectivity index (χ2v) is 8.03. The molecule has 1 amide bonds. The number of hydrogen-bond donors (Lipinski definition) is 2. The van der Waals surface area contributed by atoms with Crippen molar-refractivity contribution >= 4 is 5.91 Å². The highest BCUT2D eigenvalue weighted by atomic mass is 16.2. The fourth-order valence-electron chi connectivity index (χ4n) is 4.00. The predicted molar refractivity (Wildman–Crippen MR) is 103 cm³/mol. The van der Waals surface area contributed by atoms with Crippen molar-refractivity contribution in [1.29, 1.82) is 0 Å². The molecule has 0 radical (unpaired) electrons. The van der Waals surface area contributed by atoms with Crippen LogP contribution in [0.2, 0.25) is 0 Å². The molecule has 0 aliphatic carbocycles. The van der Waals surface area contributed by atoms with Gasteiger partial charge in [0.15, 0.2) is 0 Å². The molecule has 0 spiro atoms. The highest BCUT2D eigenvalue weighted by molar-refractivity contribution is 5.81. The molecule has 0 aromatic heterocycles. The minimum Gasteiger partial charge on any atom is -0.354 e. The van der Waals surface area contributed by atoms with Gasteiger partial charge in [-0.2, -0.15) is 0 Å². The van der Waals surface area contributed by atoms with E-state index in [0.29, 0.717) is 11.8 Å². The molecule has 4 nitrogen and oxygen atoms in total. The Bertz CT molecular complexity index is 549. The van der Waals surface area contributed by atoms with E-state index >= 15 is 0 Å². The highest BCUT2D eigenvalue weighted by Crippen LogP contribution is 2.20. The molecule has 0 bridgehead atoms. The third-order valence-electron chi connectivity index (χ3n) is 5.60. The van der Waals surface area contributed by atoms with Gasteiger partial charge in [0, 0.05) is 19.6 Å². The summed E-state index contributed by atoms with van der Waals surface area (Å²) in [5.41, 5.74) is 2.80. The summed E-state index contributed by atoms with van der Waals surface area (Å²) in [6, 6.07) is 9.10. The molecule has 2 N–H and O–H groups in total. The van der Waals surface area contributed by atoms with Crippen LogP contribution in [0.3, 0.4) is 0 Å². The number of rotatable bonds is 6. The van der Waals surface area contributed by atoms with Gasteiger partial charge < -0.3 is 10.6 Å². The number of nitrogens with one attached hydrogen (secondary N) is 2. The fraction of sp³-hybridized carbons (Fsp3) is 0.667. The molecular formula is C21H33N3O. The van der Waals surface area contributed by atoms with Gasteiger partial charge in [0.1, 0.15) is 0 Å². The van der Waals surface area contributed by atoms with Crippen LogP contribution in [-0.2, 0) is 11.3 Å². The zero-order valence-corrected chi connectivity index (χ0v) is 15.8. The van der Waals surface area contributed by atoms with Gasteiger partial charge in [0.2, 0.25) is 5.91 Å². The van der Waals surface area contributed by atoms with Crippen molar-refractivity contribution < 1.29 is 4.79 Å². The van der Waals surface area contributed by atoms with Gasteiger partial charge in [-0.05, 0) is 61.7 Å². The van der Waals surface area contributed by atoms with E-state index < -0.39 is 0 Å². The number of carbonyl (C=O) groups is 1. The van der Waals surface area contributed by atoms with Crippen LogP contribution in [0, 0.1) is 5.92 Å². The molecule has 2 saturated heterocycles. The van der Waals surface area contributed by atoms with E-state index in [2.05, 4.69) is 53.6 Å². The maximum Gasteiger partial charge on any atom is 0.237 e. The van der Waals surface area contributed by atoms with E-state index in [0.717, 1.165) is 39.0 Å². The van der Waals surface area contributed by atoms with Crippen LogP contribution < -0.4 is 10.6 Å². The number of likely N-dealkylation sites (tertiary alicyclic amines) is 1. The summed E-state index contributed by atoms with van der Waals surface area (Å²) >= 11 is 0. The van der Waals surface area contributed by atoms with Gasteiger partial charge in [-0.1, -0.05) is 38.1 Å². The largest absolute Gasteiger partial charge is 0.354 e. The Morgan fingerprint density at radius 1 is 1.24 bits per heavy atom. The standard InChI is InChI=1S/C21H33N3O/c1-16(2)19-9-7-17(8-10-19)14-24-12-4-5-18(15-24)13-23-21(25)20-6-3-11-22-20/h7-10,16,18,20,22H,3-6,11-15H2,1-2H3,(H,23,25). The van der Waals surface area contributed by atoms with Crippen LogP contribution >= 0.6 is 0 Å². The molecule has 4 heteroatoms. The van der Waals surface area contributed by atoms with Crippen LogP contribution in [0.4, 0.5) is 0 Å². The summed E-state index contributed by atoms with van der Waals surface area (Å²) in [5.74, 6) is 1.36. The number of nitrogens with zero attached hydrogens (tertiary/aromatic N) is 1. The molecule has 2 fully saturated rings. The summed E-state index contributed by atoms with van der Waals surface area (Å²) in [5, 5.41) is 6.45. The van der Waals surface area contributed by atoms with Crippen LogP contribution in [0.1, 0.15) is 56.6 Å². The minimum absolute atomic E-state index is 0.0409. The van der Waals surface area contributed by atoms with Crippen molar-refractivity contribution in [2.75, 3.05) is 26.2 Å². The molecular weight excluding hydrogens is 310 g/mol. The zero-order valence-electron chi connectivity index (χ0n) is 15.8. The number of hydrogen-bond acceptors (Lipinski definition) is 3. The van der Waals surface area contributed by atoms with E-state index in [-0.39, 0.29) is 11.9 Å². The van der Waals surface area contributed by atoms with E-state index in [9.17, 15) is 4.79 Å². The van der Waals surface area contributed by atoms with Crippen molar-refractivity contribution in [1.82, 2.24) is 15.5 Å². The first-order chi connectivity index (χ1) is 12.1. The first-order valence-corrected chi connectivity index (χ1v) is 9.94. The van der Waals surface area contributed by atoms with E-state index in [1.165, 1.54) is 30.5 Å². The summed E-state index contributed by atoms with van der Waals surface area (Å²) in [6.45, 7) is 9.54. The first kappa shape index (κ1) is 18.4. The van der Waals surface area contributed by atoms with Crippen molar-refractivity contribution in [3.05, 3.63) is 35.4 Å². The third kappa shape index (κ3) is 5.29. The lowest BCUT2D eigenvalue weighted by atomic mass is 9.96. The Hall–Kier alpha value is -1.39. The number of carbonyl (C=O) groups excluding carboxylic acids is 1. The molecule has 1 aromatic rings. The Morgan fingerprint density at radius 2 is 2.04 bits per heavy atom. The summed E-state index contributed by atoms with van der Waals surface area (Å²) in [7, 11) is 0. The Balaban J connectivity index is 1.45. The second kappa shape index (κ2) is 8.81. The van der Waals surface area contributed by atoms with E-state index in [4.69, 9.17) is 0 Å². The number of piperidine rings is 1. The SMILES string of the molecule is CC(C)c1ccc(CN2CCCC(CNC(=O)C3CCCN3)C2)cc1. The van der Waals surface area contributed by atoms with E-state index in [1.54, 1.807) is 0 Å². The monoisotopic (exact) mass is 343 g/mol. The van der Waals surface area contributed by atoms with Gasteiger partial charge in [0.25, 0.3) is 0 Å². The lowest BCUT2D eigenvalue weighted by Gasteiger charge is -2.33. The number of amides is 1. The van der Waals surface area contributed by atoms with Crippen molar-refractivity contribution in [3.63, 3.8) is 0 Å². The predicted octanol–water partition coefficient (Wildman–Crippen LogP) is 2.89. The number of benzene rings is 1. The molecule has 1 aromatic carbocycles. The topological polar surface area (TPSA) is 44.4 Å². The molecule has 2 heterocycles. The third-order valence-corrected chi connectivity index (χ3v) is 5.60. The van der Waals surface area contributed by atoms with Crippen molar-refractivity contribution in [3.8, 4) is 0 Å². The maximum atomic E-state index is 12.2. The van der Waals surface area contributed by atoms with E-state index in [1.807, 2.05) is 0 Å². The van der Waals surface area contributed by atoms with Crippen LogP contribution in [0.15, 0.2) is 24.3 Å². The first-order valence-electron chi connectivity index (χ1n) is 9.94. The quantitative estimate of drug-likeness (QED) is 0.835. The van der Waals surface area contributed by atoms with Crippen LogP contribution in [0.25, 0.3) is 0 Å². The lowest BCUT2D eigenvalue weighted by Crippen LogP contribution is -2.45. The summed E-state index contributed by atoms with van der Waals surface area (Å²) in [6.07, 6.45) is 4.55. The Kier molecular flexibility index (Phi) is 6.49. The lowest BCUT2D eigenvalue weighted by molar-refractivity contribution is -0.123. The van der Waals surface area contributed by atoms with Crippen molar-refractivity contribution in [2.24, 2.45) is 5.92 Å². The van der Waals surface area contributed by atoms with Crippen LogP contribution in [0.5, 0.6) is 0 Å². The molecule has 2 unspecified atom stereocenters. The Labute approximate surface area is 152 Å². The molecule has 2 atom stereocenters. The molecule has 0 saturated carbocycles. The van der Waals surface area contributed by atoms with Gasteiger partial charge in [0.05, 0.1) is 6.04 Å². The average Bonchev–Trinajstić information content (AvgIpc) is 3.15. The summed E-state index contributed by atoms with van der Waals surface area (Å²) < 4.78 is 0. The van der Waals surface area contributed by atoms with Gasteiger partial charge in [-0.3, -0.25) is 9.69 Å². The maximum absolute atomic E-state index is 12.2. The average molecular weight is 344 g/mol. The second-order valence-electron chi connectivity index (χ2n) is 8.03. The minimum atomic E-state index is 0.0409. The zero-order chi connectivity index (χ0) is 17.6. The molecule has 25 heavy (non-hydrogen) atoms. The molecule has 138 valence electrons. The van der Waals surface area contributed by atoms with Crippen molar-refractivity contribution in [2.45, 2.75) is 58.0 Å². The Morgan fingerprint density at radius 3 is 2.72 bits per heavy atom. The molecule has 2 aliphatic rings. The van der Waals surface area contributed by atoms with Gasteiger partial charge in [-0.15, -0.1) is 0 Å². The fourth-order valence-corrected chi connectivity index (χ4v) is 4.00. The van der Waals surface area contributed by atoms with Gasteiger partial charge >= 0.3 is 0 Å². The summed E-state index contributed by atoms with van der Waals surface area (Å²) in [4.78, 5) is 14.7. The smallest absolute Gasteiger partial charge is 0.237 e. The molecule has 3 rings (SSSR count). The highest BCUT2D eigenvalue weighted by Gasteiger charge is 2.24. The normalized spacial score (nSPS) is 24.6. The van der Waals surface area contributed by atoms with Gasteiger partial charge in [-0.25, -0.2) is 0 Å². The molecule has 2 aliphatic heterocycles.